The van der Waals surface area contributed by atoms with Gasteiger partial charge in [0.1, 0.15) is 11.8 Å². The number of carbonyl (C=O) groups excluding carboxylic acids is 2. The Morgan fingerprint density at radius 2 is 1.84 bits per heavy atom. The van der Waals surface area contributed by atoms with Crippen molar-refractivity contribution in [3.8, 4) is 5.75 Å². The van der Waals surface area contributed by atoms with Gasteiger partial charge in [-0.2, -0.15) is 0 Å². The zero-order chi connectivity index (χ0) is 22.9. The van der Waals surface area contributed by atoms with Crippen LogP contribution in [0.2, 0.25) is 5.02 Å². The normalized spacial score (nSPS) is 15.1. The minimum atomic E-state index is -0.548. The molecule has 2 aromatic rings. The number of rotatable bonds is 9. The molecule has 1 N–H and O–H groups in total. The Kier molecular flexibility index (Phi) is 8.98. The maximum absolute atomic E-state index is 13.3. The van der Waals surface area contributed by atoms with Crippen molar-refractivity contribution in [3.05, 3.63) is 64.7 Å². The Morgan fingerprint density at radius 1 is 1.12 bits per heavy atom. The highest BCUT2D eigenvalue weighted by atomic mass is 35.5. The first-order valence-electron chi connectivity index (χ1n) is 11.5. The smallest absolute Gasteiger partial charge is 0.261 e. The van der Waals surface area contributed by atoms with Crippen LogP contribution in [0.1, 0.15) is 56.6 Å². The van der Waals surface area contributed by atoms with E-state index >= 15 is 0 Å². The van der Waals surface area contributed by atoms with Crippen molar-refractivity contribution >= 4 is 23.4 Å². The number of carbonyl (C=O) groups is 2. The maximum Gasteiger partial charge on any atom is 0.261 e. The van der Waals surface area contributed by atoms with Gasteiger partial charge in [0, 0.05) is 17.6 Å². The van der Waals surface area contributed by atoms with E-state index in [1.54, 1.807) is 29.2 Å². The second-order valence-electron chi connectivity index (χ2n) is 8.52. The number of benzene rings is 2. The summed E-state index contributed by atoms with van der Waals surface area (Å²) in [6.45, 7) is 4.17. The summed E-state index contributed by atoms with van der Waals surface area (Å²) in [5.74, 6) is 0.222. The Bertz CT molecular complexity index is 894. The lowest BCUT2D eigenvalue weighted by Gasteiger charge is -2.32. The number of hydrogen-bond acceptors (Lipinski definition) is 3. The van der Waals surface area contributed by atoms with Crippen molar-refractivity contribution in [2.75, 3.05) is 6.61 Å². The Balaban J connectivity index is 1.74. The van der Waals surface area contributed by atoms with Crippen LogP contribution >= 0.6 is 11.6 Å². The number of nitrogens with zero attached hydrogens (tertiary/aromatic N) is 1. The van der Waals surface area contributed by atoms with Gasteiger partial charge in [0.25, 0.3) is 5.91 Å². The summed E-state index contributed by atoms with van der Waals surface area (Å²) in [5.41, 5.74) is 2.13. The highest BCUT2D eigenvalue weighted by Gasteiger charge is 2.30. The van der Waals surface area contributed by atoms with Gasteiger partial charge in [-0.3, -0.25) is 9.59 Å². The van der Waals surface area contributed by atoms with Gasteiger partial charge in [0.15, 0.2) is 6.61 Å². The van der Waals surface area contributed by atoms with Gasteiger partial charge >= 0.3 is 0 Å². The van der Waals surface area contributed by atoms with Gasteiger partial charge in [0.2, 0.25) is 5.91 Å². The molecule has 0 spiro atoms. The molecule has 0 bridgehead atoms. The molecule has 1 atom stereocenters. The van der Waals surface area contributed by atoms with E-state index in [0.717, 1.165) is 36.8 Å². The van der Waals surface area contributed by atoms with E-state index in [9.17, 15) is 9.59 Å². The molecular formula is C26H33ClN2O3. The number of hydrogen-bond donors (Lipinski definition) is 1. The summed E-state index contributed by atoms with van der Waals surface area (Å²) in [6, 6.07) is 14.6. The number of aryl methyl sites for hydroxylation is 1. The van der Waals surface area contributed by atoms with Gasteiger partial charge in [-0.25, -0.2) is 0 Å². The summed E-state index contributed by atoms with van der Waals surface area (Å²) < 4.78 is 5.70. The van der Waals surface area contributed by atoms with E-state index < -0.39 is 6.04 Å². The van der Waals surface area contributed by atoms with Gasteiger partial charge in [0.05, 0.1) is 0 Å². The highest BCUT2D eigenvalue weighted by molar-refractivity contribution is 6.30. The van der Waals surface area contributed by atoms with Crippen LogP contribution in [0.3, 0.4) is 0 Å². The standard InChI is InChI=1S/C26H33ClN2O3/c1-3-24(26(31)28-22-9-5-4-6-10-22)29(17-20-14-12-19(2)13-15-20)25(30)18-32-23-11-7-8-21(27)16-23/h7-8,11-16,22,24H,3-6,9-10,17-18H2,1-2H3,(H,28,31)/t24-/m0/s1. The number of nitrogens with one attached hydrogen (secondary N) is 1. The van der Waals surface area contributed by atoms with E-state index in [2.05, 4.69) is 5.32 Å². The lowest BCUT2D eigenvalue weighted by atomic mass is 9.95. The lowest BCUT2D eigenvalue weighted by molar-refractivity contribution is -0.143. The summed E-state index contributed by atoms with van der Waals surface area (Å²) in [4.78, 5) is 28.1. The van der Waals surface area contributed by atoms with E-state index in [0.29, 0.717) is 23.7 Å². The molecule has 0 aromatic heterocycles. The third-order valence-electron chi connectivity index (χ3n) is 5.97. The third-order valence-corrected chi connectivity index (χ3v) is 6.20. The maximum atomic E-state index is 13.3. The van der Waals surface area contributed by atoms with E-state index in [1.165, 1.54) is 6.42 Å². The van der Waals surface area contributed by atoms with Crippen LogP contribution in [0.5, 0.6) is 5.75 Å². The summed E-state index contributed by atoms with van der Waals surface area (Å²) in [5, 5.41) is 3.74. The average molecular weight is 457 g/mol. The molecule has 1 aliphatic carbocycles. The first kappa shape index (κ1) is 24.1. The average Bonchev–Trinajstić information content (AvgIpc) is 2.79. The fourth-order valence-corrected chi connectivity index (χ4v) is 4.32. The molecule has 5 nitrogen and oxygen atoms in total. The molecule has 0 aliphatic heterocycles. The Hall–Kier alpha value is -2.53. The van der Waals surface area contributed by atoms with Crippen LogP contribution in [0.15, 0.2) is 48.5 Å². The van der Waals surface area contributed by atoms with Crippen molar-refractivity contribution < 1.29 is 14.3 Å². The highest BCUT2D eigenvalue weighted by Crippen LogP contribution is 2.20. The van der Waals surface area contributed by atoms with Crippen molar-refractivity contribution in [3.63, 3.8) is 0 Å². The zero-order valence-corrected chi connectivity index (χ0v) is 19.7. The summed E-state index contributed by atoms with van der Waals surface area (Å²) in [7, 11) is 0. The molecule has 2 aromatic carbocycles. The number of amides is 2. The SMILES string of the molecule is CC[C@@H](C(=O)NC1CCCCC1)N(Cc1ccc(C)cc1)C(=O)COc1cccc(Cl)c1. The quantitative estimate of drug-likeness (QED) is 0.558. The summed E-state index contributed by atoms with van der Waals surface area (Å²) in [6.07, 6.45) is 6.05. The molecule has 1 aliphatic rings. The molecule has 0 radical (unpaired) electrons. The number of ether oxygens (including phenoxy) is 1. The molecule has 0 heterocycles. The van der Waals surface area contributed by atoms with E-state index in [4.69, 9.17) is 16.3 Å². The molecule has 0 unspecified atom stereocenters. The van der Waals surface area contributed by atoms with Crippen molar-refractivity contribution in [2.24, 2.45) is 0 Å². The van der Waals surface area contributed by atoms with Crippen LogP contribution < -0.4 is 10.1 Å². The van der Waals surface area contributed by atoms with E-state index in [1.807, 2.05) is 38.1 Å². The molecule has 2 amide bonds. The van der Waals surface area contributed by atoms with Crippen molar-refractivity contribution in [2.45, 2.75) is 71.0 Å². The third kappa shape index (κ3) is 6.99. The second kappa shape index (κ2) is 11.9. The molecule has 1 saturated carbocycles. The lowest BCUT2D eigenvalue weighted by Crippen LogP contribution is -2.52. The van der Waals surface area contributed by atoms with Crippen molar-refractivity contribution in [1.29, 1.82) is 0 Å². The van der Waals surface area contributed by atoms with Gasteiger partial charge in [-0.05, 0) is 49.9 Å². The van der Waals surface area contributed by atoms with Crippen LogP contribution in [0.4, 0.5) is 0 Å². The van der Waals surface area contributed by atoms with Crippen LogP contribution in [-0.2, 0) is 16.1 Å². The monoisotopic (exact) mass is 456 g/mol. The number of halogens is 1. The fourth-order valence-electron chi connectivity index (χ4n) is 4.14. The molecule has 172 valence electrons. The molecular weight excluding hydrogens is 424 g/mol. The molecule has 6 heteroatoms. The molecule has 32 heavy (non-hydrogen) atoms. The summed E-state index contributed by atoms with van der Waals surface area (Å²) >= 11 is 6.02. The predicted molar refractivity (Wildman–Crippen MR) is 128 cm³/mol. The zero-order valence-electron chi connectivity index (χ0n) is 19.0. The van der Waals surface area contributed by atoms with E-state index in [-0.39, 0.29) is 24.5 Å². The molecule has 0 saturated heterocycles. The predicted octanol–water partition coefficient (Wildman–Crippen LogP) is 5.28. The minimum absolute atomic E-state index is 0.0809. The minimum Gasteiger partial charge on any atom is -0.484 e. The topological polar surface area (TPSA) is 58.6 Å². The van der Waals surface area contributed by atoms with Gasteiger partial charge in [-0.15, -0.1) is 0 Å². The Morgan fingerprint density at radius 3 is 2.50 bits per heavy atom. The first-order chi connectivity index (χ1) is 15.5. The van der Waals surface area contributed by atoms with Crippen LogP contribution in [-0.4, -0.2) is 35.4 Å². The largest absolute Gasteiger partial charge is 0.484 e. The van der Waals surface area contributed by atoms with Crippen molar-refractivity contribution in [1.82, 2.24) is 10.2 Å². The molecule has 1 fully saturated rings. The van der Waals surface area contributed by atoms with Crippen LogP contribution in [0.25, 0.3) is 0 Å². The van der Waals surface area contributed by atoms with Gasteiger partial charge in [-0.1, -0.05) is 73.7 Å². The fraction of sp³-hybridized carbons (Fsp3) is 0.462. The van der Waals surface area contributed by atoms with Gasteiger partial charge < -0.3 is 15.0 Å². The first-order valence-corrected chi connectivity index (χ1v) is 11.9. The second-order valence-corrected chi connectivity index (χ2v) is 8.96. The molecule has 3 rings (SSSR count). The Labute approximate surface area is 196 Å². The van der Waals surface area contributed by atoms with Crippen LogP contribution in [0, 0.1) is 6.92 Å².